The number of nitrogens with one attached hydrogen (secondary N) is 1. The summed E-state index contributed by atoms with van der Waals surface area (Å²) in [6.07, 6.45) is 35.9. The third-order valence-corrected chi connectivity index (χ3v) is 8.62. The van der Waals surface area contributed by atoms with Gasteiger partial charge in [-0.2, -0.15) is 0 Å². The average molecular weight is 596 g/mol. The van der Waals surface area contributed by atoms with Gasteiger partial charge in [-0.25, -0.2) is 0 Å². The van der Waals surface area contributed by atoms with Crippen molar-refractivity contribution in [2.75, 3.05) is 6.61 Å². The normalized spacial score (nSPS) is 13.9. The van der Waals surface area contributed by atoms with Crippen LogP contribution in [-0.2, 0) is 4.79 Å². The van der Waals surface area contributed by atoms with Crippen LogP contribution in [-0.4, -0.2) is 46.1 Å². The van der Waals surface area contributed by atoms with Crippen LogP contribution in [0.4, 0.5) is 0 Å². The van der Waals surface area contributed by atoms with E-state index in [9.17, 15) is 20.1 Å². The molecule has 3 atom stereocenters. The molecule has 5 nitrogen and oxygen atoms in total. The minimum Gasteiger partial charge on any atom is -0.394 e. The molecule has 42 heavy (non-hydrogen) atoms. The molecule has 0 heterocycles. The smallest absolute Gasteiger partial charge is 0.220 e. The standard InChI is InChI=1S/C37H73NO4/c1-3-5-7-9-11-13-15-16-17-18-19-20-22-23-25-27-29-31-35(40)37(42)34(33-39)38-36(41)32-30-28-26-24-21-14-12-10-8-6-4-2/h10,12,34-35,37,39-40,42H,3-9,11,13-33H2,1-2H3,(H,38,41)/b12-10-. The van der Waals surface area contributed by atoms with Gasteiger partial charge in [0.05, 0.1) is 18.8 Å². The Balaban J connectivity index is 3.66. The zero-order valence-corrected chi connectivity index (χ0v) is 28.1. The first-order valence-electron chi connectivity index (χ1n) is 18.5. The van der Waals surface area contributed by atoms with Gasteiger partial charge in [0, 0.05) is 6.42 Å². The lowest BCUT2D eigenvalue weighted by atomic mass is 9.99. The van der Waals surface area contributed by atoms with E-state index in [1.807, 2.05) is 0 Å². The molecule has 0 rings (SSSR count). The van der Waals surface area contributed by atoms with Gasteiger partial charge in [0.15, 0.2) is 0 Å². The van der Waals surface area contributed by atoms with Crippen molar-refractivity contribution in [3.8, 4) is 0 Å². The summed E-state index contributed by atoms with van der Waals surface area (Å²) in [6, 6.07) is -0.808. The van der Waals surface area contributed by atoms with Crippen LogP contribution in [0.15, 0.2) is 12.2 Å². The number of rotatable bonds is 33. The Hall–Kier alpha value is -0.910. The molecule has 5 heteroatoms. The molecular weight excluding hydrogens is 522 g/mol. The largest absolute Gasteiger partial charge is 0.394 e. The molecule has 0 aromatic heterocycles. The summed E-state index contributed by atoms with van der Waals surface area (Å²) in [6.45, 7) is 4.12. The Labute approximate surface area is 261 Å². The molecule has 250 valence electrons. The monoisotopic (exact) mass is 596 g/mol. The number of carbonyl (C=O) groups is 1. The summed E-state index contributed by atoms with van der Waals surface area (Å²) in [7, 11) is 0. The quantitative estimate of drug-likeness (QED) is 0.0449. The van der Waals surface area contributed by atoms with Crippen molar-refractivity contribution in [1.29, 1.82) is 0 Å². The van der Waals surface area contributed by atoms with Crippen molar-refractivity contribution in [1.82, 2.24) is 5.32 Å². The fourth-order valence-corrected chi connectivity index (χ4v) is 5.67. The van der Waals surface area contributed by atoms with Gasteiger partial charge < -0.3 is 20.6 Å². The van der Waals surface area contributed by atoms with Crippen LogP contribution in [0.5, 0.6) is 0 Å². The SMILES string of the molecule is CCCC/C=C\CCCCCCCC(=O)NC(CO)C(O)C(O)CCCCCCCCCCCCCCCCCCC. The highest BCUT2D eigenvalue weighted by Crippen LogP contribution is 2.16. The van der Waals surface area contributed by atoms with Crippen molar-refractivity contribution < 1.29 is 20.1 Å². The van der Waals surface area contributed by atoms with Gasteiger partial charge in [-0.3, -0.25) is 4.79 Å². The summed E-state index contributed by atoms with van der Waals surface area (Å²) in [4.78, 5) is 12.3. The lowest BCUT2D eigenvalue weighted by molar-refractivity contribution is -0.124. The summed E-state index contributed by atoms with van der Waals surface area (Å²) in [5, 5.41) is 33.3. The van der Waals surface area contributed by atoms with E-state index in [-0.39, 0.29) is 12.5 Å². The Kier molecular flexibility index (Phi) is 32.3. The van der Waals surface area contributed by atoms with Crippen LogP contribution < -0.4 is 5.32 Å². The van der Waals surface area contributed by atoms with Gasteiger partial charge in [0.25, 0.3) is 0 Å². The highest BCUT2D eigenvalue weighted by molar-refractivity contribution is 5.76. The van der Waals surface area contributed by atoms with E-state index in [4.69, 9.17) is 0 Å². The third kappa shape index (κ3) is 27.9. The molecule has 0 saturated carbocycles. The first-order valence-corrected chi connectivity index (χ1v) is 18.5. The number of amides is 1. The molecule has 0 aliphatic heterocycles. The maximum atomic E-state index is 12.3. The maximum Gasteiger partial charge on any atom is 0.220 e. The number of aliphatic hydroxyl groups is 3. The zero-order chi connectivity index (χ0) is 30.9. The highest BCUT2D eigenvalue weighted by Gasteiger charge is 2.26. The van der Waals surface area contributed by atoms with Crippen LogP contribution in [0.25, 0.3) is 0 Å². The molecule has 0 fully saturated rings. The minimum absolute atomic E-state index is 0.156. The van der Waals surface area contributed by atoms with Crippen LogP contribution in [0.1, 0.15) is 194 Å². The molecule has 4 N–H and O–H groups in total. The van der Waals surface area contributed by atoms with Gasteiger partial charge in [-0.15, -0.1) is 0 Å². The van der Waals surface area contributed by atoms with Crippen molar-refractivity contribution in [2.45, 2.75) is 212 Å². The van der Waals surface area contributed by atoms with Crippen molar-refractivity contribution >= 4 is 5.91 Å². The van der Waals surface area contributed by atoms with E-state index in [0.29, 0.717) is 12.8 Å². The summed E-state index contributed by atoms with van der Waals surface area (Å²) in [5.41, 5.74) is 0. The predicted molar refractivity (Wildman–Crippen MR) is 181 cm³/mol. The second-order valence-corrected chi connectivity index (χ2v) is 12.8. The van der Waals surface area contributed by atoms with Crippen LogP contribution in [0.2, 0.25) is 0 Å². The molecule has 0 aliphatic carbocycles. The van der Waals surface area contributed by atoms with E-state index in [2.05, 4.69) is 31.3 Å². The van der Waals surface area contributed by atoms with Gasteiger partial charge in [0.1, 0.15) is 6.10 Å². The topological polar surface area (TPSA) is 89.8 Å². The molecule has 0 aliphatic rings. The van der Waals surface area contributed by atoms with Gasteiger partial charge in [-0.1, -0.05) is 167 Å². The lowest BCUT2D eigenvalue weighted by Gasteiger charge is -2.26. The molecule has 3 unspecified atom stereocenters. The number of hydrogen-bond donors (Lipinski definition) is 4. The number of carbonyl (C=O) groups excluding carboxylic acids is 1. The van der Waals surface area contributed by atoms with E-state index in [1.54, 1.807) is 0 Å². The second-order valence-electron chi connectivity index (χ2n) is 12.8. The fourth-order valence-electron chi connectivity index (χ4n) is 5.67. The molecule has 0 spiro atoms. The number of unbranched alkanes of at least 4 members (excludes halogenated alkanes) is 23. The van der Waals surface area contributed by atoms with Crippen LogP contribution in [0, 0.1) is 0 Å². The van der Waals surface area contributed by atoms with E-state index in [0.717, 1.165) is 44.9 Å². The van der Waals surface area contributed by atoms with Crippen LogP contribution >= 0.6 is 0 Å². The zero-order valence-electron chi connectivity index (χ0n) is 28.1. The summed E-state index contributed by atoms with van der Waals surface area (Å²) < 4.78 is 0. The Morgan fingerprint density at radius 2 is 0.976 bits per heavy atom. The first kappa shape index (κ1) is 41.1. The number of hydrogen-bond acceptors (Lipinski definition) is 4. The molecule has 0 bridgehead atoms. The molecule has 0 aromatic rings. The predicted octanol–water partition coefficient (Wildman–Crippen LogP) is 9.70. The third-order valence-electron chi connectivity index (χ3n) is 8.62. The van der Waals surface area contributed by atoms with E-state index in [1.165, 1.54) is 122 Å². The first-order chi connectivity index (χ1) is 20.6. The summed E-state index contributed by atoms with van der Waals surface area (Å²) in [5.74, 6) is -0.156. The Morgan fingerprint density at radius 1 is 0.571 bits per heavy atom. The van der Waals surface area contributed by atoms with Crippen molar-refractivity contribution in [2.24, 2.45) is 0 Å². The van der Waals surface area contributed by atoms with E-state index >= 15 is 0 Å². The molecular formula is C37H73NO4. The minimum atomic E-state index is -1.13. The maximum absolute atomic E-state index is 12.3. The number of allylic oxidation sites excluding steroid dienone is 2. The highest BCUT2D eigenvalue weighted by atomic mass is 16.3. The Morgan fingerprint density at radius 3 is 1.45 bits per heavy atom. The van der Waals surface area contributed by atoms with Crippen molar-refractivity contribution in [3.63, 3.8) is 0 Å². The molecule has 0 saturated heterocycles. The van der Waals surface area contributed by atoms with Crippen molar-refractivity contribution in [3.05, 3.63) is 12.2 Å². The molecule has 1 amide bonds. The molecule has 0 radical (unpaired) electrons. The lowest BCUT2D eigenvalue weighted by Crippen LogP contribution is -2.50. The second kappa shape index (κ2) is 33.0. The van der Waals surface area contributed by atoms with Gasteiger partial charge in [0.2, 0.25) is 5.91 Å². The summed E-state index contributed by atoms with van der Waals surface area (Å²) >= 11 is 0. The van der Waals surface area contributed by atoms with Gasteiger partial charge >= 0.3 is 0 Å². The fraction of sp³-hybridized carbons (Fsp3) is 0.919. The average Bonchev–Trinajstić information content (AvgIpc) is 2.99. The number of aliphatic hydroxyl groups excluding tert-OH is 3. The molecule has 0 aromatic carbocycles. The van der Waals surface area contributed by atoms with Gasteiger partial charge in [-0.05, 0) is 32.1 Å². The van der Waals surface area contributed by atoms with E-state index < -0.39 is 18.2 Å². The Bertz CT molecular complexity index is 582. The van der Waals surface area contributed by atoms with Crippen LogP contribution in [0.3, 0.4) is 0 Å².